The second-order valence-electron chi connectivity index (χ2n) is 11.5. The van der Waals surface area contributed by atoms with Gasteiger partial charge in [-0.1, -0.05) is 53.9 Å². The van der Waals surface area contributed by atoms with Gasteiger partial charge in [-0.3, -0.25) is 19.1 Å². The molecule has 5 aromatic rings. The first kappa shape index (κ1) is 34.7. The molecule has 0 fully saturated rings. The number of carbonyl (C=O) groups excluding carboxylic acids is 2. The molecule has 6 rings (SSSR count). The first-order valence-electron chi connectivity index (χ1n) is 15.1. The Hall–Kier alpha value is -5.15. The Bertz CT molecular complexity index is 2170. The molecule has 1 aliphatic rings. The van der Waals surface area contributed by atoms with Crippen molar-refractivity contribution in [3.05, 3.63) is 105 Å². The normalized spacial score (nSPS) is 16.5. The molecule has 0 unspecified atom stereocenters. The number of hydrogen-bond acceptors (Lipinski definition) is 8. The molecule has 2 aromatic carbocycles. The van der Waals surface area contributed by atoms with Gasteiger partial charge >= 0.3 is 12.1 Å². The Balaban J connectivity index is 1.39. The molecule has 3 aromatic heterocycles. The number of nitrogens with one attached hydrogen (secondary N) is 1. The highest BCUT2D eigenvalue weighted by molar-refractivity contribution is 6.31. The third-order valence-corrected chi connectivity index (χ3v) is 8.62. The monoisotopic (exact) mass is 729 g/mol. The lowest BCUT2D eigenvalue weighted by Gasteiger charge is -2.23. The fourth-order valence-corrected chi connectivity index (χ4v) is 5.90. The van der Waals surface area contributed by atoms with Crippen LogP contribution in [0.5, 0.6) is 0 Å². The van der Waals surface area contributed by atoms with Crippen LogP contribution in [0.4, 0.5) is 23.2 Å². The highest BCUT2D eigenvalue weighted by Gasteiger charge is 2.41. The second-order valence-corrected chi connectivity index (χ2v) is 12.3. The Morgan fingerprint density at radius 3 is 2.58 bits per heavy atom. The van der Waals surface area contributed by atoms with E-state index in [9.17, 15) is 27.6 Å². The van der Waals surface area contributed by atoms with Crippen molar-refractivity contribution in [1.29, 1.82) is 0 Å². The smallest absolute Gasteiger partial charge is 0.454 e. The summed E-state index contributed by atoms with van der Waals surface area (Å²) in [6.07, 6.45) is 0.321. The molecule has 50 heavy (non-hydrogen) atoms. The van der Waals surface area contributed by atoms with Crippen LogP contribution in [-0.4, -0.2) is 47.6 Å². The number of nitrogens with zero attached hydrogens (tertiary/aromatic N) is 6. The summed E-state index contributed by atoms with van der Waals surface area (Å²) in [4.78, 5) is 47.2. The maximum atomic E-state index is 15.5. The van der Waals surface area contributed by atoms with Gasteiger partial charge in [0.1, 0.15) is 6.61 Å². The van der Waals surface area contributed by atoms with Crippen LogP contribution in [0.1, 0.15) is 43.5 Å². The second kappa shape index (κ2) is 14.0. The lowest BCUT2D eigenvalue weighted by molar-refractivity contribution is -0.201. The molecule has 1 aliphatic heterocycles. The largest absolute Gasteiger partial charge is 0.490 e. The number of pyridine rings is 1. The summed E-state index contributed by atoms with van der Waals surface area (Å²) in [7, 11) is 0. The molecule has 1 N–H and O–H groups in total. The van der Waals surface area contributed by atoms with Crippen LogP contribution in [0.15, 0.2) is 72.0 Å². The van der Waals surface area contributed by atoms with Crippen molar-refractivity contribution in [2.45, 2.75) is 45.0 Å². The number of anilines is 1. The van der Waals surface area contributed by atoms with Crippen molar-refractivity contribution in [3.8, 4) is 28.1 Å². The van der Waals surface area contributed by atoms with Crippen LogP contribution in [0.2, 0.25) is 10.2 Å². The molecule has 0 aliphatic carbocycles. The lowest BCUT2D eigenvalue weighted by atomic mass is 9.95. The molecule has 0 saturated heterocycles. The molecule has 1 amide bonds. The molecule has 258 valence electrons. The van der Waals surface area contributed by atoms with Crippen molar-refractivity contribution < 1.29 is 31.9 Å². The minimum Gasteiger partial charge on any atom is -0.454 e. The minimum absolute atomic E-state index is 0.0151. The van der Waals surface area contributed by atoms with Crippen LogP contribution in [0.25, 0.3) is 28.1 Å². The lowest BCUT2D eigenvalue weighted by Crippen LogP contribution is -2.27. The predicted molar refractivity (Wildman–Crippen MR) is 174 cm³/mol. The van der Waals surface area contributed by atoms with Gasteiger partial charge in [0.2, 0.25) is 5.91 Å². The fraction of sp³-hybridized carbons (Fsp3) is 0.242. The Labute approximate surface area is 290 Å². The van der Waals surface area contributed by atoms with E-state index in [0.29, 0.717) is 36.1 Å². The van der Waals surface area contributed by atoms with Gasteiger partial charge in [0, 0.05) is 29.4 Å². The number of fused-ring (bicyclic) bond motifs is 4. The number of carbonyl (C=O) groups is 2. The van der Waals surface area contributed by atoms with Crippen LogP contribution in [0, 0.1) is 11.7 Å². The number of alkyl halides is 3. The van der Waals surface area contributed by atoms with E-state index in [1.165, 1.54) is 58.3 Å². The van der Waals surface area contributed by atoms with Gasteiger partial charge in [-0.15, -0.1) is 5.10 Å². The molecule has 11 nitrogen and oxygen atoms in total. The molecular formula is C33H25Cl2F4N7O4. The van der Waals surface area contributed by atoms with Gasteiger partial charge in [0.05, 0.1) is 46.2 Å². The number of benzene rings is 2. The summed E-state index contributed by atoms with van der Waals surface area (Å²) in [6.45, 7) is 1.06. The topological polar surface area (TPSA) is 134 Å². The predicted octanol–water partition coefficient (Wildman–Crippen LogP) is 6.95. The van der Waals surface area contributed by atoms with Gasteiger partial charge < -0.3 is 10.1 Å². The summed E-state index contributed by atoms with van der Waals surface area (Å²) in [5.41, 5.74) is 1.65. The molecule has 17 heteroatoms. The maximum absolute atomic E-state index is 15.5. The number of rotatable bonds is 5. The SMILES string of the molecule is C[C@@H]1CCC[C@H](n2cnc(-c3c(-n4cc(Cl)nn4)ccc(Cl)c3F)cc2=O)c2cc(ccn2)-c2ccc(COC(=O)C(F)(F)F)cc2NC1=O. The average molecular weight is 731 g/mol. The Kier molecular flexibility index (Phi) is 9.71. The maximum Gasteiger partial charge on any atom is 0.490 e. The molecule has 4 heterocycles. The fourth-order valence-electron chi connectivity index (χ4n) is 5.62. The van der Waals surface area contributed by atoms with E-state index < -0.39 is 42.1 Å². The van der Waals surface area contributed by atoms with Gasteiger partial charge in [-0.25, -0.2) is 18.9 Å². The van der Waals surface area contributed by atoms with Crippen molar-refractivity contribution in [2.75, 3.05) is 5.32 Å². The van der Waals surface area contributed by atoms with E-state index in [-0.39, 0.29) is 44.3 Å². The first-order chi connectivity index (χ1) is 23.8. The molecule has 2 atom stereocenters. The van der Waals surface area contributed by atoms with Crippen molar-refractivity contribution >= 4 is 40.8 Å². The van der Waals surface area contributed by atoms with E-state index >= 15 is 4.39 Å². The Morgan fingerprint density at radius 2 is 1.86 bits per heavy atom. The number of hydrogen-bond donors (Lipinski definition) is 1. The van der Waals surface area contributed by atoms with E-state index in [4.69, 9.17) is 23.2 Å². The van der Waals surface area contributed by atoms with E-state index in [1.54, 1.807) is 25.1 Å². The molecule has 0 radical (unpaired) electrons. The van der Waals surface area contributed by atoms with Crippen LogP contribution < -0.4 is 10.9 Å². The zero-order chi connectivity index (χ0) is 35.7. The zero-order valence-electron chi connectivity index (χ0n) is 25.9. The van der Waals surface area contributed by atoms with E-state index in [1.807, 2.05) is 0 Å². The summed E-state index contributed by atoms with van der Waals surface area (Å²) >= 11 is 12.0. The summed E-state index contributed by atoms with van der Waals surface area (Å²) in [5, 5.41) is 10.3. The Morgan fingerprint density at radius 1 is 1.06 bits per heavy atom. The minimum atomic E-state index is -5.15. The highest BCUT2D eigenvalue weighted by atomic mass is 35.5. The highest BCUT2D eigenvalue weighted by Crippen LogP contribution is 2.35. The number of halogens is 6. The first-order valence-corrected chi connectivity index (χ1v) is 15.8. The van der Waals surface area contributed by atoms with Crippen molar-refractivity contribution in [1.82, 2.24) is 29.5 Å². The number of esters is 1. The van der Waals surface area contributed by atoms with E-state index in [0.717, 1.165) is 0 Å². The van der Waals surface area contributed by atoms with Gasteiger partial charge in [-0.2, -0.15) is 13.2 Å². The summed E-state index contributed by atoms with van der Waals surface area (Å²) in [6, 6.07) is 11.3. The number of aromatic nitrogens is 6. The molecular weight excluding hydrogens is 705 g/mol. The standard InChI is InChI=1S/C33H25Cl2F4N7O4/c1-17-3-2-4-25(45-16-41-24(13-28(45)47)29-26(8-7-21(34)30(29)36)46-14-27(35)43-44-46)23-12-19(9-10-40-23)20-6-5-18(11-22(20)42-31(17)48)15-50-32(49)33(37,38)39/h5-14,16-17,25H,2-4,15H2,1H3,(H,42,48)/t17-,25+/m1/s1. The van der Waals surface area contributed by atoms with E-state index in [2.05, 4.69) is 30.3 Å². The van der Waals surface area contributed by atoms with Crippen LogP contribution in [0.3, 0.4) is 0 Å². The third kappa shape index (κ3) is 7.23. The van der Waals surface area contributed by atoms with Crippen molar-refractivity contribution in [3.63, 3.8) is 0 Å². The zero-order valence-corrected chi connectivity index (χ0v) is 27.4. The molecule has 2 bridgehead atoms. The van der Waals surface area contributed by atoms with Crippen molar-refractivity contribution in [2.24, 2.45) is 5.92 Å². The van der Waals surface area contributed by atoms with Gasteiger partial charge in [-0.05, 0) is 54.3 Å². The van der Waals surface area contributed by atoms with Gasteiger partial charge in [0.25, 0.3) is 5.56 Å². The third-order valence-electron chi connectivity index (χ3n) is 8.15. The van der Waals surface area contributed by atoms with Crippen LogP contribution in [-0.2, 0) is 20.9 Å². The summed E-state index contributed by atoms with van der Waals surface area (Å²) < 4.78 is 60.6. The quantitative estimate of drug-likeness (QED) is 0.152. The van der Waals surface area contributed by atoms with Crippen LogP contribution >= 0.6 is 23.2 Å². The molecule has 0 saturated carbocycles. The summed E-state index contributed by atoms with van der Waals surface area (Å²) in [5.74, 6) is -3.98. The number of ether oxygens (including phenoxy) is 1. The molecule has 0 spiro atoms. The van der Waals surface area contributed by atoms with Gasteiger partial charge in [0.15, 0.2) is 11.0 Å². The number of amides is 1. The average Bonchev–Trinajstić information content (AvgIpc) is 3.52.